The maximum atomic E-state index is 10.3. The van der Waals surface area contributed by atoms with Gasteiger partial charge in [0, 0.05) is 0 Å². The first-order valence-corrected chi connectivity index (χ1v) is 7.29. The number of aliphatic hydroxyl groups excluding tert-OH is 1. The van der Waals surface area contributed by atoms with Gasteiger partial charge in [0.25, 0.3) is 0 Å². The summed E-state index contributed by atoms with van der Waals surface area (Å²) in [4.78, 5) is 0. The molecule has 0 amide bonds. The lowest BCUT2D eigenvalue weighted by molar-refractivity contribution is 0.196. The Kier molecular flexibility index (Phi) is 5.46. The molecule has 0 radical (unpaired) electrons. The molecule has 2 heteroatoms. The molecule has 2 rings (SSSR count). The minimum atomic E-state index is -0.264. The zero-order valence-corrected chi connectivity index (χ0v) is 11.8. The summed E-state index contributed by atoms with van der Waals surface area (Å²) in [6.07, 6.45) is 9.73. The van der Waals surface area contributed by atoms with Crippen LogP contribution in [-0.2, 0) is 6.42 Å². The van der Waals surface area contributed by atoms with Gasteiger partial charge in [-0.05, 0) is 61.8 Å². The van der Waals surface area contributed by atoms with Crippen molar-refractivity contribution in [3.63, 3.8) is 0 Å². The molecule has 1 unspecified atom stereocenters. The number of allylic oxidation sites excluding steroid dienone is 1. The Balaban J connectivity index is 1.84. The first-order chi connectivity index (χ1) is 9.29. The average molecular weight is 260 g/mol. The molecule has 1 atom stereocenters. The van der Waals surface area contributed by atoms with Crippen LogP contribution >= 0.6 is 0 Å². The summed E-state index contributed by atoms with van der Waals surface area (Å²) in [6, 6.07) is 8.11. The van der Waals surface area contributed by atoms with E-state index in [1.807, 2.05) is 12.1 Å². The number of aliphatic hydroxyl groups is 1. The Morgan fingerprint density at radius 1 is 1.16 bits per heavy atom. The highest BCUT2D eigenvalue weighted by Crippen LogP contribution is 2.22. The second kappa shape index (κ2) is 7.34. The van der Waals surface area contributed by atoms with Crippen molar-refractivity contribution in [2.45, 2.75) is 51.0 Å². The van der Waals surface area contributed by atoms with Crippen molar-refractivity contribution in [3.8, 4) is 5.75 Å². The maximum Gasteiger partial charge on any atom is 0.118 e. The van der Waals surface area contributed by atoms with Crippen LogP contribution in [0.4, 0.5) is 0 Å². The van der Waals surface area contributed by atoms with Crippen molar-refractivity contribution in [2.24, 2.45) is 0 Å². The van der Waals surface area contributed by atoms with E-state index in [9.17, 15) is 5.11 Å². The molecule has 2 nitrogen and oxygen atoms in total. The molecule has 1 aromatic carbocycles. The van der Waals surface area contributed by atoms with E-state index in [4.69, 9.17) is 4.74 Å². The van der Waals surface area contributed by atoms with Gasteiger partial charge in [0.15, 0.2) is 0 Å². The Morgan fingerprint density at radius 2 is 1.95 bits per heavy atom. The van der Waals surface area contributed by atoms with E-state index in [-0.39, 0.29) is 6.10 Å². The fraction of sp³-hybridized carbons (Fsp3) is 0.529. The minimum absolute atomic E-state index is 0.264. The molecule has 0 aliphatic heterocycles. The second-order valence-corrected chi connectivity index (χ2v) is 5.28. The van der Waals surface area contributed by atoms with Crippen LogP contribution in [0.15, 0.2) is 35.9 Å². The SMILES string of the molecule is COc1ccc(CCC(O)C2=CCCCCC2)cc1. The first kappa shape index (κ1) is 14.1. The van der Waals surface area contributed by atoms with Gasteiger partial charge in [0.05, 0.1) is 13.2 Å². The fourth-order valence-corrected chi connectivity index (χ4v) is 2.62. The summed E-state index contributed by atoms with van der Waals surface area (Å²) in [7, 11) is 1.68. The summed E-state index contributed by atoms with van der Waals surface area (Å²) in [6.45, 7) is 0. The lowest BCUT2D eigenvalue weighted by Crippen LogP contribution is -2.11. The van der Waals surface area contributed by atoms with Crippen LogP contribution in [0.5, 0.6) is 5.75 Å². The van der Waals surface area contributed by atoms with Gasteiger partial charge in [-0.15, -0.1) is 0 Å². The Labute approximate surface area is 116 Å². The van der Waals surface area contributed by atoms with Crippen molar-refractivity contribution >= 4 is 0 Å². The van der Waals surface area contributed by atoms with Crippen molar-refractivity contribution in [1.29, 1.82) is 0 Å². The van der Waals surface area contributed by atoms with E-state index in [1.165, 1.54) is 30.4 Å². The smallest absolute Gasteiger partial charge is 0.118 e. The predicted octanol–water partition coefficient (Wildman–Crippen LogP) is 3.88. The van der Waals surface area contributed by atoms with E-state index >= 15 is 0 Å². The van der Waals surface area contributed by atoms with Gasteiger partial charge < -0.3 is 9.84 Å². The third kappa shape index (κ3) is 4.39. The number of rotatable bonds is 5. The summed E-state index contributed by atoms with van der Waals surface area (Å²) in [5.41, 5.74) is 2.51. The van der Waals surface area contributed by atoms with Gasteiger partial charge >= 0.3 is 0 Å². The number of methoxy groups -OCH3 is 1. The van der Waals surface area contributed by atoms with Crippen LogP contribution in [0.25, 0.3) is 0 Å². The van der Waals surface area contributed by atoms with E-state index in [1.54, 1.807) is 7.11 Å². The van der Waals surface area contributed by atoms with Crippen molar-refractivity contribution in [2.75, 3.05) is 7.11 Å². The third-order valence-electron chi connectivity index (χ3n) is 3.87. The maximum absolute atomic E-state index is 10.3. The summed E-state index contributed by atoms with van der Waals surface area (Å²) >= 11 is 0. The van der Waals surface area contributed by atoms with E-state index < -0.39 is 0 Å². The Bertz CT molecular complexity index is 406. The molecular weight excluding hydrogens is 236 g/mol. The number of benzene rings is 1. The number of ether oxygens (including phenoxy) is 1. The summed E-state index contributed by atoms with van der Waals surface area (Å²) in [5, 5.41) is 10.3. The molecule has 1 aliphatic carbocycles. The van der Waals surface area contributed by atoms with Gasteiger partial charge in [-0.2, -0.15) is 0 Å². The molecule has 0 heterocycles. The Hall–Kier alpha value is -1.28. The van der Waals surface area contributed by atoms with E-state index in [2.05, 4.69) is 18.2 Å². The zero-order valence-electron chi connectivity index (χ0n) is 11.8. The van der Waals surface area contributed by atoms with E-state index in [0.717, 1.165) is 31.4 Å². The van der Waals surface area contributed by atoms with Crippen LogP contribution < -0.4 is 4.74 Å². The lowest BCUT2D eigenvalue weighted by atomic mass is 9.98. The quantitative estimate of drug-likeness (QED) is 0.814. The highest BCUT2D eigenvalue weighted by molar-refractivity contribution is 5.27. The van der Waals surface area contributed by atoms with Gasteiger partial charge in [0.1, 0.15) is 5.75 Å². The first-order valence-electron chi connectivity index (χ1n) is 7.29. The molecule has 0 spiro atoms. The van der Waals surface area contributed by atoms with Crippen LogP contribution in [0.1, 0.15) is 44.1 Å². The minimum Gasteiger partial charge on any atom is -0.497 e. The second-order valence-electron chi connectivity index (χ2n) is 5.28. The molecule has 0 aromatic heterocycles. The number of aryl methyl sites for hydroxylation is 1. The van der Waals surface area contributed by atoms with Gasteiger partial charge in [-0.25, -0.2) is 0 Å². The van der Waals surface area contributed by atoms with Crippen molar-refractivity contribution in [3.05, 3.63) is 41.5 Å². The lowest BCUT2D eigenvalue weighted by Gasteiger charge is -2.14. The molecule has 1 aliphatic rings. The largest absolute Gasteiger partial charge is 0.497 e. The topological polar surface area (TPSA) is 29.5 Å². The molecule has 19 heavy (non-hydrogen) atoms. The van der Waals surface area contributed by atoms with Crippen LogP contribution in [0, 0.1) is 0 Å². The van der Waals surface area contributed by atoms with Gasteiger partial charge in [-0.1, -0.05) is 24.6 Å². The molecule has 1 aromatic rings. The molecule has 0 fully saturated rings. The van der Waals surface area contributed by atoms with Crippen LogP contribution in [-0.4, -0.2) is 18.3 Å². The van der Waals surface area contributed by atoms with Gasteiger partial charge in [0.2, 0.25) is 0 Å². The number of hydrogen-bond donors (Lipinski definition) is 1. The standard InChI is InChI=1S/C17H24O2/c1-19-16-11-8-14(9-12-16)10-13-17(18)15-6-4-2-3-5-7-15/h6,8-9,11-12,17-18H,2-5,7,10,13H2,1H3. The fourth-order valence-electron chi connectivity index (χ4n) is 2.62. The van der Waals surface area contributed by atoms with E-state index in [0.29, 0.717) is 0 Å². The average Bonchev–Trinajstić information content (AvgIpc) is 2.74. The molecule has 104 valence electrons. The molecule has 0 bridgehead atoms. The normalized spacial score (nSPS) is 17.5. The zero-order chi connectivity index (χ0) is 13.5. The molecule has 0 saturated carbocycles. The van der Waals surface area contributed by atoms with Gasteiger partial charge in [-0.3, -0.25) is 0 Å². The molecule has 0 saturated heterocycles. The molecular formula is C17H24O2. The highest BCUT2D eigenvalue weighted by atomic mass is 16.5. The third-order valence-corrected chi connectivity index (χ3v) is 3.87. The Morgan fingerprint density at radius 3 is 2.68 bits per heavy atom. The summed E-state index contributed by atoms with van der Waals surface area (Å²) < 4.78 is 5.15. The van der Waals surface area contributed by atoms with Crippen LogP contribution in [0.3, 0.4) is 0 Å². The highest BCUT2D eigenvalue weighted by Gasteiger charge is 2.12. The number of hydrogen-bond acceptors (Lipinski definition) is 2. The van der Waals surface area contributed by atoms with Crippen molar-refractivity contribution in [1.82, 2.24) is 0 Å². The predicted molar refractivity (Wildman–Crippen MR) is 78.5 cm³/mol. The molecule has 1 N–H and O–H groups in total. The van der Waals surface area contributed by atoms with Crippen molar-refractivity contribution < 1.29 is 9.84 Å². The monoisotopic (exact) mass is 260 g/mol. The van der Waals surface area contributed by atoms with Crippen LogP contribution in [0.2, 0.25) is 0 Å². The summed E-state index contributed by atoms with van der Waals surface area (Å²) in [5.74, 6) is 0.885.